The Kier molecular flexibility index (Phi) is 4.40. The summed E-state index contributed by atoms with van der Waals surface area (Å²) in [7, 11) is 0. The van der Waals surface area contributed by atoms with Gasteiger partial charge in [0.15, 0.2) is 11.8 Å². The SMILES string of the molecule is c1ccc([C@H]2COC([C@@H]3CCC[C@H]3C3=N[C@@H](c4ccccc4)CO3)=N2)cc1. The molecular weight excluding hydrogens is 336 g/mol. The first-order valence-corrected chi connectivity index (χ1v) is 9.89. The summed E-state index contributed by atoms with van der Waals surface area (Å²) in [4.78, 5) is 9.85. The summed E-state index contributed by atoms with van der Waals surface area (Å²) in [6.07, 6.45) is 3.37. The van der Waals surface area contributed by atoms with Gasteiger partial charge in [0, 0.05) is 11.8 Å². The van der Waals surface area contributed by atoms with Crippen molar-refractivity contribution in [1.29, 1.82) is 0 Å². The number of ether oxygens (including phenoxy) is 2. The summed E-state index contributed by atoms with van der Waals surface area (Å²) in [5.41, 5.74) is 2.45. The molecule has 2 aromatic rings. The average molecular weight is 360 g/mol. The Morgan fingerprint density at radius 1 is 0.630 bits per heavy atom. The number of rotatable bonds is 4. The third kappa shape index (κ3) is 3.25. The number of benzene rings is 2. The molecule has 138 valence electrons. The van der Waals surface area contributed by atoms with E-state index in [4.69, 9.17) is 19.5 Å². The summed E-state index contributed by atoms with van der Waals surface area (Å²) in [6.45, 7) is 1.28. The minimum Gasteiger partial charge on any atom is -0.478 e. The highest BCUT2D eigenvalue weighted by Gasteiger charge is 2.41. The van der Waals surface area contributed by atoms with Gasteiger partial charge in [-0.2, -0.15) is 0 Å². The quantitative estimate of drug-likeness (QED) is 0.790. The van der Waals surface area contributed by atoms with Gasteiger partial charge in [0.2, 0.25) is 0 Å². The lowest BCUT2D eigenvalue weighted by molar-refractivity contribution is 0.274. The Hall–Kier alpha value is -2.62. The molecule has 3 aliphatic rings. The Balaban J connectivity index is 1.34. The Labute approximate surface area is 160 Å². The van der Waals surface area contributed by atoms with E-state index in [1.54, 1.807) is 0 Å². The van der Waals surface area contributed by atoms with E-state index < -0.39 is 0 Å². The fourth-order valence-electron chi connectivity index (χ4n) is 4.43. The smallest absolute Gasteiger partial charge is 0.188 e. The largest absolute Gasteiger partial charge is 0.478 e. The summed E-state index contributed by atoms with van der Waals surface area (Å²) in [6, 6.07) is 21.1. The first-order valence-electron chi connectivity index (χ1n) is 9.89. The van der Waals surface area contributed by atoms with Crippen LogP contribution in [0.3, 0.4) is 0 Å². The zero-order valence-corrected chi connectivity index (χ0v) is 15.3. The molecule has 1 aliphatic carbocycles. The molecule has 4 heteroatoms. The first kappa shape index (κ1) is 16.5. The van der Waals surface area contributed by atoms with Crippen molar-refractivity contribution in [2.24, 2.45) is 21.8 Å². The number of aliphatic imine (C=N–C) groups is 2. The second-order valence-electron chi connectivity index (χ2n) is 7.55. The van der Waals surface area contributed by atoms with Crippen LogP contribution in [0.4, 0.5) is 0 Å². The maximum Gasteiger partial charge on any atom is 0.188 e. The van der Waals surface area contributed by atoms with Gasteiger partial charge in [-0.3, -0.25) is 0 Å². The maximum atomic E-state index is 6.04. The molecule has 0 N–H and O–H groups in total. The molecule has 27 heavy (non-hydrogen) atoms. The van der Waals surface area contributed by atoms with Gasteiger partial charge < -0.3 is 9.47 Å². The Morgan fingerprint density at radius 2 is 1.07 bits per heavy atom. The van der Waals surface area contributed by atoms with Crippen LogP contribution < -0.4 is 0 Å². The number of hydrogen-bond acceptors (Lipinski definition) is 4. The third-order valence-electron chi connectivity index (χ3n) is 5.86. The zero-order valence-electron chi connectivity index (χ0n) is 15.3. The fourth-order valence-corrected chi connectivity index (χ4v) is 4.43. The van der Waals surface area contributed by atoms with Crippen molar-refractivity contribution in [2.75, 3.05) is 13.2 Å². The van der Waals surface area contributed by atoms with Crippen molar-refractivity contribution >= 4 is 11.8 Å². The molecule has 2 aliphatic heterocycles. The average Bonchev–Trinajstić information content (AvgIpc) is 3.48. The van der Waals surface area contributed by atoms with Crippen molar-refractivity contribution in [3.05, 3.63) is 71.8 Å². The van der Waals surface area contributed by atoms with Crippen molar-refractivity contribution in [3.8, 4) is 0 Å². The number of hydrogen-bond donors (Lipinski definition) is 0. The molecule has 0 aromatic heterocycles. The van der Waals surface area contributed by atoms with E-state index in [2.05, 4.69) is 48.5 Å². The maximum absolute atomic E-state index is 6.04. The van der Waals surface area contributed by atoms with Crippen LogP contribution in [0.1, 0.15) is 42.5 Å². The van der Waals surface area contributed by atoms with E-state index in [0.29, 0.717) is 25.0 Å². The molecular formula is C23H24N2O2. The van der Waals surface area contributed by atoms with Crippen LogP contribution in [0.15, 0.2) is 70.6 Å². The van der Waals surface area contributed by atoms with E-state index in [1.807, 2.05) is 12.1 Å². The summed E-state index contributed by atoms with van der Waals surface area (Å²) in [5, 5.41) is 0. The second kappa shape index (κ2) is 7.18. The van der Waals surface area contributed by atoms with Gasteiger partial charge >= 0.3 is 0 Å². The van der Waals surface area contributed by atoms with E-state index in [0.717, 1.165) is 24.6 Å². The van der Waals surface area contributed by atoms with Gasteiger partial charge in [-0.1, -0.05) is 67.1 Å². The van der Waals surface area contributed by atoms with Gasteiger partial charge in [-0.15, -0.1) is 0 Å². The van der Waals surface area contributed by atoms with E-state index in [-0.39, 0.29) is 12.1 Å². The van der Waals surface area contributed by atoms with Crippen LogP contribution in [0, 0.1) is 11.8 Å². The zero-order chi connectivity index (χ0) is 18.1. The van der Waals surface area contributed by atoms with Crippen LogP contribution in [-0.4, -0.2) is 25.0 Å². The molecule has 0 amide bonds. The molecule has 0 spiro atoms. The summed E-state index contributed by atoms with van der Waals surface area (Å²) < 4.78 is 12.1. The van der Waals surface area contributed by atoms with Crippen molar-refractivity contribution < 1.29 is 9.47 Å². The van der Waals surface area contributed by atoms with Crippen LogP contribution in [0.25, 0.3) is 0 Å². The van der Waals surface area contributed by atoms with Crippen LogP contribution >= 0.6 is 0 Å². The summed E-state index contributed by atoms with van der Waals surface area (Å²) >= 11 is 0. The Bertz CT molecular complexity index is 776. The predicted molar refractivity (Wildman–Crippen MR) is 106 cm³/mol. The molecule has 2 heterocycles. The highest BCUT2D eigenvalue weighted by atomic mass is 16.5. The molecule has 5 rings (SSSR count). The molecule has 0 saturated heterocycles. The minimum absolute atomic E-state index is 0.117. The van der Waals surface area contributed by atoms with Gasteiger partial charge in [0.1, 0.15) is 25.3 Å². The van der Waals surface area contributed by atoms with E-state index in [1.165, 1.54) is 17.5 Å². The highest BCUT2D eigenvalue weighted by molar-refractivity contribution is 5.89. The second-order valence-corrected chi connectivity index (χ2v) is 7.55. The van der Waals surface area contributed by atoms with Crippen LogP contribution in [0.2, 0.25) is 0 Å². The van der Waals surface area contributed by atoms with Gasteiger partial charge in [-0.05, 0) is 24.0 Å². The highest BCUT2D eigenvalue weighted by Crippen LogP contribution is 2.40. The molecule has 0 unspecified atom stereocenters. The standard InChI is InChI=1S/C23H24N2O2/c1-3-8-16(9-4-1)20-14-26-22(24-20)18-12-7-13-19(18)23-25-21(15-27-23)17-10-5-2-6-11-17/h1-6,8-11,18-21H,7,12-15H2/t18-,19-,20-,21-/m1/s1. The van der Waals surface area contributed by atoms with E-state index >= 15 is 0 Å². The molecule has 2 aromatic carbocycles. The van der Waals surface area contributed by atoms with Gasteiger partial charge in [-0.25, -0.2) is 9.98 Å². The lowest BCUT2D eigenvalue weighted by atomic mass is 9.95. The third-order valence-corrected chi connectivity index (χ3v) is 5.86. The molecule has 1 fully saturated rings. The summed E-state index contributed by atoms with van der Waals surface area (Å²) in [5.74, 6) is 2.40. The molecule has 0 bridgehead atoms. The Morgan fingerprint density at radius 3 is 1.52 bits per heavy atom. The molecule has 0 radical (unpaired) electrons. The first-order chi connectivity index (χ1) is 13.4. The van der Waals surface area contributed by atoms with Crippen LogP contribution in [0.5, 0.6) is 0 Å². The molecule has 4 nitrogen and oxygen atoms in total. The number of nitrogens with zero attached hydrogens (tertiary/aromatic N) is 2. The van der Waals surface area contributed by atoms with Gasteiger partial charge in [0.05, 0.1) is 0 Å². The van der Waals surface area contributed by atoms with Crippen molar-refractivity contribution in [3.63, 3.8) is 0 Å². The minimum atomic E-state index is 0.117. The molecule has 1 saturated carbocycles. The van der Waals surface area contributed by atoms with Crippen molar-refractivity contribution in [2.45, 2.75) is 31.3 Å². The predicted octanol–water partition coefficient (Wildman–Crippen LogP) is 4.74. The van der Waals surface area contributed by atoms with Gasteiger partial charge in [0.25, 0.3) is 0 Å². The normalized spacial score (nSPS) is 29.8. The lowest BCUT2D eigenvalue weighted by Crippen LogP contribution is -2.26. The topological polar surface area (TPSA) is 43.2 Å². The fraction of sp³-hybridized carbons (Fsp3) is 0.391. The van der Waals surface area contributed by atoms with Crippen LogP contribution in [-0.2, 0) is 9.47 Å². The molecule has 4 atom stereocenters. The van der Waals surface area contributed by atoms with E-state index in [9.17, 15) is 0 Å². The monoisotopic (exact) mass is 360 g/mol. The lowest BCUT2D eigenvalue weighted by Gasteiger charge is -2.18. The van der Waals surface area contributed by atoms with Crippen molar-refractivity contribution in [1.82, 2.24) is 0 Å².